The molecule has 0 unspecified atom stereocenters. The molecule has 1 aliphatic rings. The van der Waals surface area contributed by atoms with Crippen molar-refractivity contribution in [2.75, 3.05) is 0 Å². The standard InChI is InChI=1S/C11H16BNO3/c1-10(2)11(3,4)16-12(15-10)8-5-9(7-14)13-6-8/h5-7,13H,1-4H3. The van der Waals surface area contributed by atoms with Crippen LogP contribution >= 0.6 is 0 Å². The molecule has 1 aromatic heterocycles. The number of hydrogen-bond donors (Lipinski definition) is 1. The van der Waals surface area contributed by atoms with Crippen LogP contribution in [0.25, 0.3) is 0 Å². The predicted octanol–water partition coefficient (Wildman–Crippen LogP) is 1.13. The maximum Gasteiger partial charge on any atom is 0.496 e. The summed E-state index contributed by atoms with van der Waals surface area (Å²) in [4.78, 5) is 13.4. The molecule has 1 aliphatic heterocycles. The number of hydrogen-bond acceptors (Lipinski definition) is 3. The van der Waals surface area contributed by atoms with Gasteiger partial charge in [-0.25, -0.2) is 0 Å². The van der Waals surface area contributed by atoms with Gasteiger partial charge in [-0.05, 0) is 33.8 Å². The van der Waals surface area contributed by atoms with Crippen LogP contribution in [0.2, 0.25) is 0 Å². The van der Waals surface area contributed by atoms with E-state index in [-0.39, 0.29) is 11.2 Å². The first-order valence-electron chi connectivity index (χ1n) is 5.35. The average molecular weight is 221 g/mol. The summed E-state index contributed by atoms with van der Waals surface area (Å²) in [6.45, 7) is 8.00. The highest BCUT2D eigenvalue weighted by molar-refractivity contribution is 6.62. The number of H-pyrrole nitrogens is 1. The van der Waals surface area contributed by atoms with Gasteiger partial charge in [-0.1, -0.05) is 0 Å². The molecule has 4 nitrogen and oxygen atoms in total. The smallest absolute Gasteiger partial charge is 0.399 e. The van der Waals surface area contributed by atoms with Gasteiger partial charge in [0.1, 0.15) is 0 Å². The molecule has 0 amide bonds. The van der Waals surface area contributed by atoms with Crippen LogP contribution in [0.3, 0.4) is 0 Å². The number of nitrogens with one attached hydrogen (secondary N) is 1. The van der Waals surface area contributed by atoms with Gasteiger partial charge in [0, 0.05) is 11.7 Å². The second-order valence-electron chi connectivity index (χ2n) is 5.09. The molecule has 0 spiro atoms. The summed E-state index contributed by atoms with van der Waals surface area (Å²) in [5.41, 5.74) is 0.678. The number of aromatic amines is 1. The summed E-state index contributed by atoms with van der Waals surface area (Å²) in [7, 11) is -0.407. The Labute approximate surface area is 95.5 Å². The first-order chi connectivity index (χ1) is 7.36. The lowest BCUT2D eigenvalue weighted by molar-refractivity contribution is 0.00578. The lowest BCUT2D eigenvalue weighted by atomic mass is 9.81. The first-order valence-corrected chi connectivity index (χ1v) is 5.35. The normalized spacial score (nSPS) is 22.4. The zero-order chi connectivity index (χ0) is 12.0. The molecule has 5 heteroatoms. The lowest BCUT2D eigenvalue weighted by Gasteiger charge is -2.32. The van der Waals surface area contributed by atoms with Crippen LogP contribution in [0.5, 0.6) is 0 Å². The zero-order valence-electron chi connectivity index (χ0n) is 10.0. The second kappa shape index (κ2) is 3.47. The van der Waals surface area contributed by atoms with E-state index in [0.29, 0.717) is 5.69 Å². The maximum atomic E-state index is 10.6. The van der Waals surface area contributed by atoms with Gasteiger partial charge in [-0.2, -0.15) is 0 Å². The number of aromatic nitrogens is 1. The molecule has 0 aromatic carbocycles. The number of aldehydes is 1. The molecule has 86 valence electrons. The Hall–Kier alpha value is -1.07. The van der Waals surface area contributed by atoms with Gasteiger partial charge in [0.2, 0.25) is 0 Å². The Balaban J connectivity index is 2.23. The fourth-order valence-electron chi connectivity index (χ4n) is 1.61. The molecular formula is C11H16BNO3. The topological polar surface area (TPSA) is 51.3 Å². The predicted molar refractivity (Wildman–Crippen MR) is 61.9 cm³/mol. The minimum Gasteiger partial charge on any atom is -0.399 e. The lowest BCUT2D eigenvalue weighted by Crippen LogP contribution is -2.41. The van der Waals surface area contributed by atoms with E-state index in [0.717, 1.165) is 11.7 Å². The van der Waals surface area contributed by atoms with Gasteiger partial charge >= 0.3 is 7.12 Å². The van der Waals surface area contributed by atoms with Crippen LogP contribution < -0.4 is 5.46 Å². The molecule has 0 aliphatic carbocycles. The molecule has 1 saturated heterocycles. The van der Waals surface area contributed by atoms with E-state index < -0.39 is 7.12 Å². The Morgan fingerprint density at radius 3 is 2.25 bits per heavy atom. The van der Waals surface area contributed by atoms with Crippen molar-refractivity contribution in [3.63, 3.8) is 0 Å². The Kier molecular flexibility index (Phi) is 2.47. The van der Waals surface area contributed by atoms with Crippen LogP contribution in [0.1, 0.15) is 38.2 Å². The highest BCUT2D eigenvalue weighted by Crippen LogP contribution is 2.36. The van der Waals surface area contributed by atoms with Crippen molar-refractivity contribution in [2.24, 2.45) is 0 Å². The van der Waals surface area contributed by atoms with Crippen LogP contribution in [-0.2, 0) is 9.31 Å². The van der Waals surface area contributed by atoms with Crippen LogP contribution in [0, 0.1) is 0 Å². The fraction of sp³-hybridized carbons (Fsp3) is 0.545. The molecule has 0 bridgehead atoms. The molecule has 0 atom stereocenters. The van der Waals surface area contributed by atoms with Crippen molar-refractivity contribution in [3.8, 4) is 0 Å². The molecular weight excluding hydrogens is 205 g/mol. The zero-order valence-corrected chi connectivity index (χ0v) is 10.0. The van der Waals surface area contributed by atoms with Gasteiger partial charge in [-0.15, -0.1) is 0 Å². The van der Waals surface area contributed by atoms with Crippen molar-refractivity contribution in [2.45, 2.75) is 38.9 Å². The van der Waals surface area contributed by atoms with Gasteiger partial charge < -0.3 is 14.3 Å². The Morgan fingerprint density at radius 2 is 1.81 bits per heavy atom. The van der Waals surface area contributed by atoms with Crippen LogP contribution in [-0.4, -0.2) is 29.6 Å². The molecule has 1 fully saturated rings. The average Bonchev–Trinajstić information content (AvgIpc) is 2.70. The van der Waals surface area contributed by atoms with Gasteiger partial charge in [0.25, 0.3) is 0 Å². The van der Waals surface area contributed by atoms with Gasteiger partial charge in [0.05, 0.1) is 16.9 Å². The third kappa shape index (κ3) is 1.70. The Morgan fingerprint density at radius 1 is 1.25 bits per heavy atom. The largest absolute Gasteiger partial charge is 0.496 e. The van der Waals surface area contributed by atoms with Crippen molar-refractivity contribution in [1.82, 2.24) is 4.98 Å². The van der Waals surface area contributed by atoms with Crippen LogP contribution in [0.15, 0.2) is 12.3 Å². The monoisotopic (exact) mass is 221 g/mol. The second-order valence-corrected chi connectivity index (χ2v) is 5.09. The summed E-state index contributed by atoms with van der Waals surface area (Å²) in [6, 6.07) is 1.75. The summed E-state index contributed by atoms with van der Waals surface area (Å²) in [5.74, 6) is 0. The molecule has 1 aromatic rings. The quantitative estimate of drug-likeness (QED) is 0.601. The van der Waals surface area contributed by atoms with Gasteiger partial charge in [0.15, 0.2) is 6.29 Å². The minimum absolute atomic E-state index is 0.351. The number of rotatable bonds is 2. The highest BCUT2D eigenvalue weighted by atomic mass is 16.7. The van der Waals surface area contributed by atoms with E-state index >= 15 is 0 Å². The van der Waals surface area contributed by atoms with Crippen LogP contribution in [0.4, 0.5) is 0 Å². The van der Waals surface area contributed by atoms with Gasteiger partial charge in [-0.3, -0.25) is 4.79 Å². The molecule has 16 heavy (non-hydrogen) atoms. The Bertz CT molecular complexity index is 395. The molecule has 2 rings (SSSR count). The third-order valence-corrected chi connectivity index (χ3v) is 3.38. The van der Waals surface area contributed by atoms with Crippen molar-refractivity contribution >= 4 is 18.9 Å². The van der Waals surface area contributed by atoms with Crippen molar-refractivity contribution < 1.29 is 14.1 Å². The van der Waals surface area contributed by atoms with E-state index in [1.807, 2.05) is 27.7 Å². The van der Waals surface area contributed by atoms with E-state index in [1.165, 1.54) is 0 Å². The fourth-order valence-corrected chi connectivity index (χ4v) is 1.61. The SMILES string of the molecule is CC1(C)OB(c2c[nH]c(C=O)c2)OC1(C)C. The summed E-state index contributed by atoms with van der Waals surface area (Å²) < 4.78 is 11.7. The summed E-state index contributed by atoms with van der Waals surface area (Å²) >= 11 is 0. The molecule has 0 saturated carbocycles. The van der Waals surface area contributed by atoms with Crippen molar-refractivity contribution in [1.29, 1.82) is 0 Å². The maximum absolute atomic E-state index is 10.6. The first kappa shape index (κ1) is 11.4. The summed E-state index contributed by atoms with van der Waals surface area (Å²) in [5, 5.41) is 0. The highest BCUT2D eigenvalue weighted by Gasteiger charge is 2.51. The number of carbonyl (C=O) groups excluding carboxylic acids is 1. The third-order valence-electron chi connectivity index (χ3n) is 3.38. The molecule has 0 radical (unpaired) electrons. The minimum atomic E-state index is -0.407. The van der Waals surface area contributed by atoms with E-state index in [9.17, 15) is 4.79 Å². The molecule has 2 heterocycles. The molecule has 1 N–H and O–H groups in total. The van der Waals surface area contributed by atoms with E-state index in [4.69, 9.17) is 9.31 Å². The van der Waals surface area contributed by atoms with Crippen molar-refractivity contribution in [3.05, 3.63) is 18.0 Å². The van der Waals surface area contributed by atoms with E-state index in [1.54, 1.807) is 12.3 Å². The number of carbonyl (C=O) groups is 1. The van der Waals surface area contributed by atoms with E-state index in [2.05, 4.69) is 4.98 Å². The summed E-state index contributed by atoms with van der Waals surface area (Å²) in [6.07, 6.45) is 2.51.